The second-order valence-corrected chi connectivity index (χ2v) is 9.44. The molecule has 1 saturated carbocycles. The molecule has 4 rings (SSSR count). The Balaban J connectivity index is 1.33. The number of hydrogen-bond acceptors (Lipinski definition) is 5. The van der Waals surface area contributed by atoms with Crippen LogP contribution in [0.25, 0.3) is 9.88 Å². The van der Waals surface area contributed by atoms with E-state index in [4.69, 9.17) is 0 Å². The maximum absolute atomic E-state index is 12.8. The molecule has 2 aromatic heterocycles. The average Bonchev–Trinajstić information content (AvgIpc) is 3.46. The van der Waals surface area contributed by atoms with Gasteiger partial charge in [-0.15, -0.1) is 22.7 Å². The molecule has 0 spiro atoms. The second-order valence-electron chi connectivity index (χ2n) is 7.63. The van der Waals surface area contributed by atoms with Crippen LogP contribution in [0.1, 0.15) is 48.2 Å². The Morgan fingerprint density at radius 3 is 2.57 bits per heavy atom. The molecule has 1 aliphatic carbocycles. The van der Waals surface area contributed by atoms with Crippen LogP contribution in [-0.4, -0.2) is 34.8 Å². The van der Waals surface area contributed by atoms with E-state index in [-0.39, 0.29) is 18.2 Å². The number of thiazole rings is 1. The minimum absolute atomic E-state index is 0.0448. The molecule has 2 heterocycles. The molecule has 3 aromatic rings. The number of hydrogen-bond donors (Lipinski definition) is 1. The van der Waals surface area contributed by atoms with Crippen LogP contribution < -0.4 is 5.32 Å². The number of nitrogens with zero attached hydrogens (tertiary/aromatic N) is 2. The minimum atomic E-state index is -0.114. The lowest BCUT2D eigenvalue weighted by Gasteiger charge is -2.31. The third-order valence-electron chi connectivity index (χ3n) is 5.48. The van der Waals surface area contributed by atoms with Crippen molar-refractivity contribution in [3.63, 3.8) is 0 Å². The predicted molar refractivity (Wildman–Crippen MR) is 123 cm³/mol. The van der Waals surface area contributed by atoms with E-state index in [0.29, 0.717) is 17.3 Å². The van der Waals surface area contributed by atoms with Gasteiger partial charge in [0.25, 0.3) is 5.91 Å². The van der Waals surface area contributed by atoms with Crippen LogP contribution >= 0.6 is 22.7 Å². The zero-order valence-electron chi connectivity index (χ0n) is 17.0. The number of benzene rings is 1. The summed E-state index contributed by atoms with van der Waals surface area (Å²) in [6, 6.07) is 11.5. The molecule has 1 N–H and O–H groups in total. The van der Waals surface area contributed by atoms with Gasteiger partial charge in [-0.3, -0.25) is 9.59 Å². The van der Waals surface area contributed by atoms with Crippen molar-refractivity contribution in [3.05, 3.63) is 58.4 Å². The number of thiophene rings is 1. The molecule has 0 unspecified atom stereocenters. The lowest BCUT2D eigenvalue weighted by molar-refractivity contribution is -0.115. The van der Waals surface area contributed by atoms with E-state index in [1.807, 2.05) is 34.8 Å². The average molecular weight is 440 g/mol. The van der Waals surface area contributed by atoms with Crippen LogP contribution in [0, 0.1) is 0 Å². The number of amides is 2. The molecule has 0 aliphatic heterocycles. The van der Waals surface area contributed by atoms with Crippen molar-refractivity contribution in [2.24, 2.45) is 0 Å². The van der Waals surface area contributed by atoms with Gasteiger partial charge in [0.2, 0.25) is 5.91 Å². The van der Waals surface area contributed by atoms with Crippen LogP contribution in [0.4, 0.5) is 5.69 Å². The fourth-order valence-electron chi connectivity index (χ4n) is 3.81. The summed E-state index contributed by atoms with van der Waals surface area (Å²) in [5.41, 5.74) is 2.11. The Morgan fingerprint density at radius 2 is 1.87 bits per heavy atom. The largest absolute Gasteiger partial charge is 0.339 e. The first-order chi connectivity index (χ1) is 14.6. The van der Waals surface area contributed by atoms with Crippen molar-refractivity contribution in [1.29, 1.82) is 0 Å². The molecular weight excluding hydrogens is 414 g/mol. The minimum Gasteiger partial charge on any atom is -0.339 e. The van der Waals surface area contributed by atoms with Crippen LogP contribution in [0.15, 0.2) is 47.2 Å². The number of rotatable bonds is 6. The van der Waals surface area contributed by atoms with Crippen LogP contribution in [-0.2, 0) is 11.2 Å². The number of aromatic nitrogens is 1. The quantitative estimate of drug-likeness (QED) is 0.555. The molecule has 1 fully saturated rings. The zero-order chi connectivity index (χ0) is 20.9. The van der Waals surface area contributed by atoms with E-state index in [1.54, 1.807) is 46.9 Å². The predicted octanol–water partition coefficient (Wildman–Crippen LogP) is 5.46. The van der Waals surface area contributed by atoms with Gasteiger partial charge >= 0.3 is 0 Å². The maximum Gasteiger partial charge on any atom is 0.253 e. The van der Waals surface area contributed by atoms with E-state index in [9.17, 15) is 9.59 Å². The van der Waals surface area contributed by atoms with Gasteiger partial charge in [-0.25, -0.2) is 4.98 Å². The lowest BCUT2D eigenvalue weighted by Crippen LogP contribution is -2.38. The fraction of sp³-hybridized carbons (Fsp3) is 0.348. The molecule has 0 radical (unpaired) electrons. The Hall–Kier alpha value is -2.51. The summed E-state index contributed by atoms with van der Waals surface area (Å²) in [6.45, 7) is 0. The van der Waals surface area contributed by atoms with Gasteiger partial charge in [0, 0.05) is 29.7 Å². The second kappa shape index (κ2) is 9.53. The van der Waals surface area contributed by atoms with Crippen LogP contribution in [0.3, 0.4) is 0 Å². The molecule has 0 bridgehead atoms. The molecule has 1 aromatic carbocycles. The van der Waals surface area contributed by atoms with Gasteiger partial charge in [0.1, 0.15) is 5.01 Å². The monoisotopic (exact) mass is 439 g/mol. The van der Waals surface area contributed by atoms with Gasteiger partial charge < -0.3 is 10.2 Å². The van der Waals surface area contributed by atoms with E-state index in [1.165, 1.54) is 19.3 Å². The Bertz CT molecular complexity index is 990. The number of carbonyl (C=O) groups excluding carboxylic acids is 2. The Labute approximate surface area is 184 Å². The highest BCUT2D eigenvalue weighted by Gasteiger charge is 2.23. The first-order valence-corrected chi connectivity index (χ1v) is 12.0. The number of anilines is 1. The van der Waals surface area contributed by atoms with Crippen molar-refractivity contribution in [1.82, 2.24) is 9.88 Å². The summed E-state index contributed by atoms with van der Waals surface area (Å²) in [5.74, 6) is -0.0696. The molecule has 0 saturated heterocycles. The summed E-state index contributed by atoms with van der Waals surface area (Å²) in [4.78, 5) is 32.7. The van der Waals surface area contributed by atoms with Crippen molar-refractivity contribution >= 4 is 40.2 Å². The van der Waals surface area contributed by atoms with Gasteiger partial charge in [0.15, 0.2) is 0 Å². The molecule has 2 amide bonds. The highest BCUT2D eigenvalue weighted by Crippen LogP contribution is 2.28. The maximum atomic E-state index is 12.8. The normalized spacial score (nSPS) is 14.4. The number of carbonyl (C=O) groups is 2. The highest BCUT2D eigenvalue weighted by molar-refractivity contribution is 7.20. The zero-order valence-corrected chi connectivity index (χ0v) is 18.6. The van der Waals surface area contributed by atoms with Gasteiger partial charge in [-0.2, -0.15) is 0 Å². The molecule has 1 aliphatic rings. The van der Waals surface area contributed by atoms with E-state index in [0.717, 1.165) is 28.4 Å². The third kappa shape index (κ3) is 4.96. The molecule has 156 valence electrons. The van der Waals surface area contributed by atoms with E-state index >= 15 is 0 Å². The third-order valence-corrected chi connectivity index (χ3v) is 7.41. The summed E-state index contributed by atoms with van der Waals surface area (Å²) in [6.07, 6.45) is 6.06. The first-order valence-electron chi connectivity index (χ1n) is 10.3. The van der Waals surface area contributed by atoms with Gasteiger partial charge in [-0.1, -0.05) is 25.3 Å². The topological polar surface area (TPSA) is 62.3 Å². The number of nitrogens with one attached hydrogen (secondary N) is 1. The summed E-state index contributed by atoms with van der Waals surface area (Å²) in [7, 11) is 1.90. The molecular formula is C23H25N3O2S2. The molecule has 7 heteroatoms. The standard InChI is InChI=1S/C23H25N3O2S2/c1-26(19-6-3-2-4-7-19)23(28)16-9-11-17(12-10-16)24-21(27)14-18-15-30-22(25-18)20-8-5-13-29-20/h5,8-13,15,19H,2-4,6-7,14H2,1H3,(H,24,27). The Kier molecular flexibility index (Phi) is 6.59. The van der Waals surface area contributed by atoms with Gasteiger partial charge in [-0.05, 0) is 48.6 Å². The molecule has 5 nitrogen and oxygen atoms in total. The van der Waals surface area contributed by atoms with Crippen molar-refractivity contribution in [3.8, 4) is 9.88 Å². The van der Waals surface area contributed by atoms with Crippen LogP contribution in [0.2, 0.25) is 0 Å². The van der Waals surface area contributed by atoms with Crippen molar-refractivity contribution in [2.45, 2.75) is 44.6 Å². The van der Waals surface area contributed by atoms with E-state index < -0.39 is 0 Å². The van der Waals surface area contributed by atoms with Crippen LogP contribution in [0.5, 0.6) is 0 Å². The van der Waals surface area contributed by atoms with Crippen molar-refractivity contribution < 1.29 is 9.59 Å². The van der Waals surface area contributed by atoms with Crippen molar-refractivity contribution in [2.75, 3.05) is 12.4 Å². The summed E-state index contributed by atoms with van der Waals surface area (Å²) in [5, 5.41) is 7.79. The SMILES string of the molecule is CN(C(=O)c1ccc(NC(=O)Cc2csc(-c3cccs3)n2)cc1)C1CCCCC1. The smallest absolute Gasteiger partial charge is 0.253 e. The molecule has 0 atom stereocenters. The van der Waals surface area contributed by atoms with Gasteiger partial charge in [0.05, 0.1) is 17.0 Å². The Morgan fingerprint density at radius 1 is 1.10 bits per heavy atom. The highest BCUT2D eigenvalue weighted by atomic mass is 32.1. The summed E-state index contributed by atoms with van der Waals surface area (Å²) >= 11 is 3.19. The molecule has 30 heavy (non-hydrogen) atoms. The fourth-order valence-corrected chi connectivity index (χ4v) is 5.44. The first kappa shape index (κ1) is 20.8. The summed E-state index contributed by atoms with van der Waals surface area (Å²) < 4.78 is 0. The lowest BCUT2D eigenvalue weighted by atomic mass is 9.94. The van der Waals surface area contributed by atoms with E-state index in [2.05, 4.69) is 10.3 Å².